The summed E-state index contributed by atoms with van der Waals surface area (Å²) in [4.78, 5) is 22.4. The molecule has 0 fully saturated rings. The molecule has 0 radical (unpaired) electrons. The van der Waals surface area contributed by atoms with Crippen LogP contribution in [-0.2, 0) is 11.8 Å². The minimum absolute atomic E-state index is 0.00195. The van der Waals surface area contributed by atoms with Gasteiger partial charge >= 0.3 is 0 Å². The number of rotatable bonds is 7. The summed E-state index contributed by atoms with van der Waals surface area (Å²) in [6.07, 6.45) is 0. The highest BCUT2D eigenvalue weighted by Gasteiger charge is 2.13. The minimum Gasteiger partial charge on any atom is -0.305 e. The molecule has 30 heavy (non-hydrogen) atoms. The molecule has 0 atom stereocenters. The van der Waals surface area contributed by atoms with Crippen molar-refractivity contribution in [3.05, 3.63) is 68.7 Å². The van der Waals surface area contributed by atoms with Gasteiger partial charge in [-0.05, 0) is 36.8 Å². The average Bonchev–Trinajstić information content (AvgIpc) is 3.11. The van der Waals surface area contributed by atoms with Crippen LogP contribution < -0.4 is 5.43 Å². The van der Waals surface area contributed by atoms with Gasteiger partial charge in [0.1, 0.15) is 0 Å². The highest BCUT2D eigenvalue weighted by atomic mass is 79.9. The lowest BCUT2D eigenvalue weighted by atomic mass is 10.1. The van der Waals surface area contributed by atoms with Crippen molar-refractivity contribution < 1.29 is 9.72 Å². The van der Waals surface area contributed by atoms with Crippen LogP contribution in [0.3, 0.4) is 0 Å². The lowest BCUT2D eigenvalue weighted by molar-refractivity contribution is -0.384. The molecule has 1 amide bonds. The van der Waals surface area contributed by atoms with Crippen LogP contribution in [-0.4, -0.2) is 37.1 Å². The molecule has 3 rings (SSSR count). The Balaban J connectivity index is 1.58. The second-order valence-electron chi connectivity index (χ2n) is 6.20. The monoisotopic (exact) mass is 488 g/mol. The van der Waals surface area contributed by atoms with Crippen LogP contribution in [0, 0.1) is 10.1 Å². The Labute approximate surface area is 184 Å². The van der Waals surface area contributed by atoms with Gasteiger partial charge in [0.25, 0.3) is 11.6 Å². The molecule has 0 saturated heterocycles. The first kappa shape index (κ1) is 21.7. The van der Waals surface area contributed by atoms with Crippen LogP contribution in [0.15, 0.2) is 63.3 Å². The molecule has 1 N–H and O–H groups in total. The van der Waals surface area contributed by atoms with Crippen molar-refractivity contribution in [1.29, 1.82) is 0 Å². The van der Waals surface area contributed by atoms with Crippen LogP contribution in [0.4, 0.5) is 5.69 Å². The van der Waals surface area contributed by atoms with Gasteiger partial charge in [0.2, 0.25) is 0 Å². The number of hydrogen-bond donors (Lipinski definition) is 1. The Kier molecular flexibility index (Phi) is 6.95. The second-order valence-corrected chi connectivity index (χ2v) is 8.06. The Morgan fingerprint density at radius 1 is 1.27 bits per heavy atom. The van der Waals surface area contributed by atoms with E-state index in [2.05, 4.69) is 36.7 Å². The van der Waals surface area contributed by atoms with Crippen molar-refractivity contribution in [2.45, 2.75) is 12.1 Å². The van der Waals surface area contributed by atoms with Crippen molar-refractivity contribution in [3.8, 4) is 11.4 Å². The summed E-state index contributed by atoms with van der Waals surface area (Å²) < 4.78 is 2.77. The normalized spacial score (nSPS) is 11.4. The summed E-state index contributed by atoms with van der Waals surface area (Å²) >= 11 is 4.69. The van der Waals surface area contributed by atoms with E-state index in [0.717, 1.165) is 10.0 Å². The maximum absolute atomic E-state index is 12.1. The number of non-ortho nitro benzene ring substituents is 1. The van der Waals surface area contributed by atoms with Crippen LogP contribution in [0.25, 0.3) is 11.4 Å². The largest absolute Gasteiger partial charge is 0.305 e. The predicted octanol–water partition coefficient (Wildman–Crippen LogP) is 3.79. The Morgan fingerprint density at radius 3 is 2.67 bits per heavy atom. The van der Waals surface area contributed by atoms with E-state index in [1.807, 2.05) is 35.9 Å². The topological polar surface area (TPSA) is 115 Å². The zero-order valence-electron chi connectivity index (χ0n) is 16.1. The molecule has 154 valence electrons. The maximum atomic E-state index is 12.1. The van der Waals surface area contributed by atoms with Gasteiger partial charge in [0.15, 0.2) is 11.0 Å². The van der Waals surface area contributed by atoms with E-state index >= 15 is 0 Å². The highest BCUT2D eigenvalue weighted by Crippen LogP contribution is 2.24. The maximum Gasteiger partial charge on any atom is 0.269 e. The number of carbonyl (C=O) groups is 1. The van der Waals surface area contributed by atoms with Gasteiger partial charge in [-0.1, -0.05) is 39.8 Å². The van der Waals surface area contributed by atoms with Gasteiger partial charge in [0, 0.05) is 29.2 Å². The molecule has 2 aromatic carbocycles. The van der Waals surface area contributed by atoms with E-state index in [4.69, 9.17) is 0 Å². The number of aromatic nitrogens is 3. The molecule has 0 spiro atoms. The van der Waals surface area contributed by atoms with Crippen molar-refractivity contribution in [2.24, 2.45) is 12.1 Å². The van der Waals surface area contributed by atoms with Crippen LogP contribution >= 0.6 is 27.7 Å². The Bertz CT molecular complexity index is 1110. The zero-order chi connectivity index (χ0) is 21.7. The van der Waals surface area contributed by atoms with Gasteiger partial charge in [0.05, 0.1) is 16.4 Å². The van der Waals surface area contributed by atoms with Crippen molar-refractivity contribution >= 4 is 45.0 Å². The summed E-state index contributed by atoms with van der Waals surface area (Å²) in [5, 5.41) is 23.7. The number of thioether (sulfide) groups is 1. The molecular weight excluding hydrogens is 472 g/mol. The number of halogens is 1. The molecule has 3 aromatic rings. The van der Waals surface area contributed by atoms with Gasteiger partial charge in [-0.25, -0.2) is 5.43 Å². The number of carbonyl (C=O) groups excluding carboxylic acids is 1. The predicted molar refractivity (Wildman–Crippen MR) is 118 cm³/mol. The molecular formula is C19H17BrN6O3S. The first-order valence-corrected chi connectivity index (χ1v) is 10.5. The van der Waals surface area contributed by atoms with E-state index in [1.54, 1.807) is 19.1 Å². The molecule has 0 aliphatic rings. The van der Waals surface area contributed by atoms with Crippen molar-refractivity contribution in [3.63, 3.8) is 0 Å². The van der Waals surface area contributed by atoms with Crippen LogP contribution in [0.2, 0.25) is 0 Å². The lowest BCUT2D eigenvalue weighted by Gasteiger charge is -2.05. The fourth-order valence-corrected chi connectivity index (χ4v) is 3.62. The average molecular weight is 489 g/mol. The quantitative estimate of drug-likeness (QED) is 0.234. The number of hydrazone groups is 1. The third-order valence-corrected chi connectivity index (χ3v) is 5.61. The molecule has 0 unspecified atom stereocenters. The van der Waals surface area contributed by atoms with Crippen LogP contribution in [0.1, 0.15) is 12.5 Å². The van der Waals surface area contributed by atoms with Crippen molar-refractivity contribution in [2.75, 3.05) is 5.75 Å². The Morgan fingerprint density at radius 2 is 2.00 bits per heavy atom. The van der Waals surface area contributed by atoms with E-state index < -0.39 is 4.92 Å². The molecule has 1 heterocycles. The number of nitro groups is 1. The van der Waals surface area contributed by atoms with E-state index in [-0.39, 0.29) is 17.3 Å². The first-order chi connectivity index (χ1) is 14.3. The van der Waals surface area contributed by atoms with Gasteiger partial charge in [-0.15, -0.1) is 10.2 Å². The number of nitrogens with zero attached hydrogens (tertiary/aromatic N) is 5. The summed E-state index contributed by atoms with van der Waals surface area (Å²) in [5.74, 6) is 0.515. The van der Waals surface area contributed by atoms with Crippen molar-refractivity contribution in [1.82, 2.24) is 20.2 Å². The van der Waals surface area contributed by atoms with E-state index in [1.165, 1.54) is 23.9 Å². The second kappa shape index (κ2) is 9.63. The smallest absolute Gasteiger partial charge is 0.269 e. The van der Waals surface area contributed by atoms with Gasteiger partial charge < -0.3 is 4.57 Å². The molecule has 1 aromatic heterocycles. The van der Waals surface area contributed by atoms with Crippen LogP contribution in [0.5, 0.6) is 0 Å². The number of benzene rings is 2. The Hall–Kier alpha value is -3.05. The third-order valence-electron chi connectivity index (χ3n) is 4.09. The zero-order valence-corrected chi connectivity index (χ0v) is 18.5. The molecule has 9 nitrogen and oxygen atoms in total. The molecule has 0 saturated carbocycles. The minimum atomic E-state index is -0.468. The standard InChI is InChI=1S/C19H17BrN6O3S/c1-12(13-6-8-16(9-7-13)26(28)29)21-22-17(27)11-30-19-24-23-18(25(19)2)14-4-3-5-15(20)10-14/h3-10H,11H2,1-2H3,(H,22,27)/b21-12+. The van der Waals surface area contributed by atoms with Gasteiger partial charge in [-0.3, -0.25) is 14.9 Å². The SMILES string of the molecule is C/C(=N\NC(=O)CSc1nnc(-c2cccc(Br)c2)n1C)c1ccc([N+](=O)[O-])cc1. The number of nitro benzene ring substituents is 1. The first-order valence-electron chi connectivity index (χ1n) is 8.71. The summed E-state index contributed by atoms with van der Waals surface area (Å²) in [6, 6.07) is 13.7. The third kappa shape index (κ3) is 5.30. The molecule has 0 aliphatic carbocycles. The van der Waals surface area contributed by atoms with E-state index in [0.29, 0.717) is 22.3 Å². The summed E-state index contributed by atoms with van der Waals surface area (Å²) in [7, 11) is 1.84. The molecule has 0 aliphatic heterocycles. The fourth-order valence-electron chi connectivity index (χ4n) is 2.52. The number of hydrogen-bond acceptors (Lipinski definition) is 7. The summed E-state index contributed by atoms with van der Waals surface area (Å²) in [6.45, 7) is 1.71. The highest BCUT2D eigenvalue weighted by molar-refractivity contribution is 9.10. The molecule has 0 bridgehead atoms. The number of nitrogens with one attached hydrogen (secondary N) is 1. The number of amides is 1. The lowest BCUT2D eigenvalue weighted by Crippen LogP contribution is -2.21. The summed E-state index contributed by atoms with van der Waals surface area (Å²) in [5.41, 5.74) is 4.62. The van der Waals surface area contributed by atoms with E-state index in [9.17, 15) is 14.9 Å². The van der Waals surface area contributed by atoms with Gasteiger partial charge in [-0.2, -0.15) is 5.10 Å². The molecule has 11 heteroatoms. The fraction of sp³-hybridized carbons (Fsp3) is 0.158.